The number of nitrogens with one attached hydrogen (secondary N) is 1. The minimum absolute atomic E-state index is 0.125. The van der Waals surface area contributed by atoms with Crippen LogP contribution in [0.3, 0.4) is 0 Å². The van der Waals surface area contributed by atoms with Crippen LogP contribution in [0.1, 0.15) is 35.0 Å². The first-order chi connectivity index (χ1) is 13.8. The number of nitrogens with zero attached hydrogens (tertiary/aromatic N) is 2. The van der Waals surface area contributed by atoms with Crippen LogP contribution in [0.5, 0.6) is 5.75 Å². The molecular formula is C21H20ClF2N3O2. The average Bonchev–Trinajstić information content (AvgIpc) is 3.02. The van der Waals surface area contributed by atoms with E-state index in [2.05, 4.69) is 10.4 Å². The third-order valence-corrected chi connectivity index (χ3v) is 4.88. The molecule has 1 amide bonds. The maximum atomic E-state index is 13.9. The van der Waals surface area contributed by atoms with Crippen LogP contribution in [-0.2, 0) is 5.92 Å². The molecule has 3 aromatic rings. The highest BCUT2D eigenvalue weighted by atomic mass is 35.5. The van der Waals surface area contributed by atoms with Crippen molar-refractivity contribution in [2.24, 2.45) is 0 Å². The van der Waals surface area contributed by atoms with Gasteiger partial charge in [-0.25, -0.2) is 13.5 Å². The van der Waals surface area contributed by atoms with Gasteiger partial charge in [-0.2, -0.15) is 5.10 Å². The molecule has 0 saturated heterocycles. The summed E-state index contributed by atoms with van der Waals surface area (Å²) in [6.07, 6.45) is -0.329. The van der Waals surface area contributed by atoms with Gasteiger partial charge < -0.3 is 10.1 Å². The Morgan fingerprint density at radius 1 is 1.24 bits per heavy atom. The highest BCUT2D eigenvalue weighted by Crippen LogP contribution is 2.33. The third kappa shape index (κ3) is 4.24. The second-order valence-electron chi connectivity index (χ2n) is 6.45. The summed E-state index contributed by atoms with van der Waals surface area (Å²) in [5, 5.41) is 7.09. The molecule has 0 aliphatic heterocycles. The molecule has 5 nitrogen and oxygen atoms in total. The summed E-state index contributed by atoms with van der Waals surface area (Å²) >= 11 is 6.41. The molecule has 29 heavy (non-hydrogen) atoms. The van der Waals surface area contributed by atoms with Crippen LogP contribution in [0.25, 0.3) is 5.69 Å². The van der Waals surface area contributed by atoms with Gasteiger partial charge in [-0.3, -0.25) is 4.79 Å². The molecule has 152 valence electrons. The van der Waals surface area contributed by atoms with Gasteiger partial charge in [0.05, 0.1) is 18.5 Å². The van der Waals surface area contributed by atoms with E-state index in [0.717, 1.165) is 0 Å². The Balaban J connectivity index is 1.89. The number of anilines is 1. The molecule has 1 N–H and O–H groups in total. The van der Waals surface area contributed by atoms with E-state index in [1.54, 1.807) is 44.4 Å². The molecule has 0 bridgehead atoms. The Bertz CT molecular complexity index is 1030. The summed E-state index contributed by atoms with van der Waals surface area (Å²) in [6, 6.07) is 12.6. The monoisotopic (exact) mass is 419 g/mol. The summed E-state index contributed by atoms with van der Waals surface area (Å²) in [7, 11) is 1.56. The van der Waals surface area contributed by atoms with Crippen molar-refractivity contribution in [1.29, 1.82) is 0 Å². The number of ether oxygens (including phenoxy) is 1. The highest BCUT2D eigenvalue weighted by Gasteiger charge is 2.29. The number of carbonyl (C=O) groups excluding carboxylic acids is 1. The average molecular weight is 420 g/mol. The number of methoxy groups -OCH3 is 1. The lowest BCUT2D eigenvalue weighted by atomic mass is 10.1. The molecular weight excluding hydrogens is 400 g/mol. The summed E-state index contributed by atoms with van der Waals surface area (Å²) < 4.78 is 34.5. The van der Waals surface area contributed by atoms with Crippen molar-refractivity contribution >= 4 is 23.2 Å². The van der Waals surface area contributed by atoms with Gasteiger partial charge in [0.1, 0.15) is 16.5 Å². The molecule has 1 aromatic heterocycles. The van der Waals surface area contributed by atoms with Gasteiger partial charge >= 0.3 is 0 Å². The fraction of sp³-hybridized carbons (Fsp3) is 0.238. The van der Waals surface area contributed by atoms with Gasteiger partial charge in [-0.05, 0) is 43.3 Å². The second kappa shape index (κ2) is 8.21. The SMILES string of the molecule is CCC(F)(F)c1cccc(NC(=O)c2c(C)nn(-c3ccc(OC)cc3)c2Cl)c1. The summed E-state index contributed by atoms with van der Waals surface area (Å²) in [4.78, 5) is 12.8. The van der Waals surface area contributed by atoms with E-state index in [1.165, 1.54) is 29.8 Å². The number of hydrogen-bond donors (Lipinski definition) is 1. The smallest absolute Gasteiger partial charge is 0.273 e. The first-order valence-electron chi connectivity index (χ1n) is 8.96. The normalized spacial score (nSPS) is 11.4. The van der Waals surface area contributed by atoms with E-state index < -0.39 is 11.8 Å². The Morgan fingerprint density at radius 2 is 1.93 bits per heavy atom. The fourth-order valence-corrected chi connectivity index (χ4v) is 3.23. The zero-order valence-corrected chi connectivity index (χ0v) is 16.9. The molecule has 3 rings (SSSR count). The predicted molar refractivity (Wildman–Crippen MR) is 108 cm³/mol. The molecule has 0 radical (unpaired) electrons. The van der Waals surface area contributed by atoms with E-state index in [1.807, 2.05) is 0 Å². The number of hydrogen-bond acceptors (Lipinski definition) is 3. The van der Waals surface area contributed by atoms with Gasteiger partial charge in [0, 0.05) is 17.7 Å². The summed E-state index contributed by atoms with van der Waals surface area (Å²) in [5.41, 5.74) is 1.35. The van der Waals surface area contributed by atoms with Crippen molar-refractivity contribution in [3.63, 3.8) is 0 Å². The van der Waals surface area contributed by atoms with Gasteiger partial charge in [-0.1, -0.05) is 30.7 Å². The van der Waals surface area contributed by atoms with E-state index >= 15 is 0 Å². The standard InChI is InChI=1S/C21H20ClF2N3O2/c1-4-21(23,24)14-6-5-7-15(12-14)25-20(28)18-13(2)26-27(19(18)22)16-8-10-17(29-3)11-9-16/h5-12H,4H2,1-3H3,(H,25,28). The van der Waals surface area contributed by atoms with Crippen molar-refractivity contribution in [3.8, 4) is 11.4 Å². The topological polar surface area (TPSA) is 56.2 Å². The number of carbonyl (C=O) groups is 1. The summed E-state index contributed by atoms with van der Waals surface area (Å²) in [6.45, 7) is 3.06. The largest absolute Gasteiger partial charge is 0.497 e. The number of halogens is 3. The zero-order valence-electron chi connectivity index (χ0n) is 16.2. The quantitative estimate of drug-likeness (QED) is 0.566. The minimum Gasteiger partial charge on any atom is -0.497 e. The van der Waals surface area contributed by atoms with Crippen LogP contribution < -0.4 is 10.1 Å². The number of aromatic nitrogens is 2. The maximum Gasteiger partial charge on any atom is 0.273 e. The molecule has 0 spiro atoms. The molecule has 0 unspecified atom stereocenters. The lowest BCUT2D eigenvalue weighted by Gasteiger charge is -2.15. The van der Waals surface area contributed by atoms with Crippen LogP contribution in [0, 0.1) is 6.92 Å². The number of amides is 1. The zero-order chi connectivity index (χ0) is 21.2. The van der Waals surface area contributed by atoms with Crippen molar-refractivity contribution in [2.45, 2.75) is 26.2 Å². The Labute approximate surface area is 172 Å². The molecule has 0 atom stereocenters. The number of alkyl halides is 2. The van der Waals surface area contributed by atoms with E-state index in [-0.39, 0.29) is 28.4 Å². The van der Waals surface area contributed by atoms with Crippen LogP contribution in [0.15, 0.2) is 48.5 Å². The lowest BCUT2D eigenvalue weighted by Crippen LogP contribution is -2.15. The van der Waals surface area contributed by atoms with Gasteiger partial charge in [0.25, 0.3) is 11.8 Å². The first-order valence-corrected chi connectivity index (χ1v) is 9.34. The molecule has 0 fully saturated rings. The van der Waals surface area contributed by atoms with E-state index in [0.29, 0.717) is 17.1 Å². The van der Waals surface area contributed by atoms with Crippen LogP contribution >= 0.6 is 11.6 Å². The Morgan fingerprint density at radius 3 is 2.55 bits per heavy atom. The molecule has 1 heterocycles. The fourth-order valence-electron chi connectivity index (χ4n) is 2.87. The van der Waals surface area contributed by atoms with Crippen LogP contribution in [0.4, 0.5) is 14.5 Å². The molecule has 2 aromatic carbocycles. The van der Waals surface area contributed by atoms with Gasteiger partial charge in [0.2, 0.25) is 0 Å². The van der Waals surface area contributed by atoms with Gasteiger partial charge in [0.15, 0.2) is 0 Å². The molecule has 0 aliphatic carbocycles. The highest BCUT2D eigenvalue weighted by molar-refractivity contribution is 6.34. The first kappa shape index (κ1) is 20.8. The third-order valence-electron chi connectivity index (χ3n) is 4.53. The Hall–Kier alpha value is -2.93. The van der Waals surface area contributed by atoms with Crippen LogP contribution in [0.2, 0.25) is 5.15 Å². The van der Waals surface area contributed by atoms with Crippen molar-refractivity contribution in [1.82, 2.24) is 9.78 Å². The summed E-state index contributed by atoms with van der Waals surface area (Å²) in [5.74, 6) is -2.81. The van der Waals surface area contributed by atoms with Crippen molar-refractivity contribution < 1.29 is 18.3 Å². The molecule has 8 heteroatoms. The number of rotatable bonds is 6. The Kier molecular flexibility index (Phi) is 5.88. The van der Waals surface area contributed by atoms with E-state index in [9.17, 15) is 13.6 Å². The number of aryl methyl sites for hydroxylation is 1. The second-order valence-corrected chi connectivity index (χ2v) is 6.81. The van der Waals surface area contributed by atoms with Gasteiger partial charge in [-0.15, -0.1) is 0 Å². The maximum absolute atomic E-state index is 13.9. The van der Waals surface area contributed by atoms with Crippen molar-refractivity contribution in [3.05, 3.63) is 70.5 Å². The van der Waals surface area contributed by atoms with Crippen LogP contribution in [-0.4, -0.2) is 22.8 Å². The molecule has 0 aliphatic rings. The lowest BCUT2D eigenvalue weighted by molar-refractivity contribution is -0.00824. The molecule has 0 saturated carbocycles. The van der Waals surface area contributed by atoms with Crippen molar-refractivity contribution in [2.75, 3.05) is 12.4 Å². The number of benzene rings is 2. The van der Waals surface area contributed by atoms with E-state index in [4.69, 9.17) is 16.3 Å². The predicted octanol–water partition coefficient (Wildman–Crippen LogP) is 5.60. The minimum atomic E-state index is -2.96.